The van der Waals surface area contributed by atoms with E-state index in [9.17, 15) is 15.0 Å². The van der Waals surface area contributed by atoms with E-state index in [1.165, 1.54) is 0 Å². The van der Waals surface area contributed by atoms with Crippen molar-refractivity contribution in [1.29, 1.82) is 0 Å². The molecule has 30 heavy (non-hydrogen) atoms. The van der Waals surface area contributed by atoms with E-state index in [2.05, 4.69) is 0 Å². The van der Waals surface area contributed by atoms with E-state index in [0.717, 1.165) is 12.8 Å². The summed E-state index contributed by atoms with van der Waals surface area (Å²) < 4.78 is 11.8. The van der Waals surface area contributed by atoms with Crippen molar-refractivity contribution >= 4 is 46.3 Å². The zero-order chi connectivity index (χ0) is 22.3. The van der Waals surface area contributed by atoms with Gasteiger partial charge in [-0.05, 0) is 44.7 Å². The second kappa shape index (κ2) is 8.58. The lowest BCUT2D eigenvalue weighted by molar-refractivity contribution is 0.0735. The number of phenols is 2. The minimum atomic E-state index is -0.756. The quantitative estimate of drug-likeness (QED) is 0.357. The number of esters is 1. The van der Waals surface area contributed by atoms with E-state index in [-0.39, 0.29) is 49.2 Å². The number of carbonyl (C=O) groups is 1. The average molecular weight is 472 g/mol. The van der Waals surface area contributed by atoms with Crippen LogP contribution in [0.3, 0.4) is 0 Å². The second-order valence-electron chi connectivity index (χ2n) is 7.05. The molecule has 160 valence electrons. The molecule has 3 rings (SSSR count). The molecule has 0 spiro atoms. The molecular formula is C22H21Cl3O5. The Kier molecular flexibility index (Phi) is 6.46. The number of hydrogen-bond donors (Lipinski definition) is 2. The van der Waals surface area contributed by atoms with Crippen LogP contribution in [0.2, 0.25) is 15.1 Å². The molecule has 2 aromatic rings. The van der Waals surface area contributed by atoms with Gasteiger partial charge in [0.15, 0.2) is 23.0 Å². The third-order valence-corrected chi connectivity index (χ3v) is 6.36. The normalized spacial score (nSPS) is 13.3. The first-order chi connectivity index (χ1) is 14.1. The van der Waals surface area contributed by atoms with Gasteiger partial charge in [0.05, 0.1) is 10.0 Å². The smallest absolute Gasteiger partial charge is 0.347 e. The molecular weight excluding hydrogens is 451 g/mol. The molecule has 0 saturated heterocycles. The van der Waals surface area contributed by atoms with Crippen LogP contribution in [0, 0.1) is 6.92 Å². The van der Waals surface area contributed by atoms with E-state index in [0.29, 0.717) is 23.1 Å². The lowest BCUT2D eigenvalue weighted by atomic mass is 9.98. The number of benzene rings is 2. The highest BCUT2D eigenvalue weighted by Crippen LogP contribution is 2.55. The summed E-state index contributed by atoms with van der Waals surface area (Å²) in [7, 11) is 0. The first-order valence-corrected chi connectivity index (χ1v) is 10.6. The number of phenolic OH excluding ortho intramolecular Hbond substituents is 2. The number of halogens is 3. The van der Waals surface area contributed by atoms with Crippen molar-refractivity contribution in [3.8, 4) is 28.7 Å². The van der Waals surface area contributed by atoms with Crippen molar-refractivity contribution in [2.24, 2.45) is 0 Å². The molecule has 1 heterocycles. The standard InChI is InChI=1S/C22H21Cl3O5/c1-5-7-8-11-17(26)15(24)12(9(3)6-2)21-19(11)30-22(28)13-10(4)14(23)18(27)16(25)20(13)29-21/h6,26-27H,5,7-8H2,1-4H3. The predicted molar refractivity (Wildman–Crippen MR) is 119 cm³/mol. The Morgan fingerprint density at radius 2 is 1.67 bits per heavy atom. The van der Waals surface area contributed by atoms with Crippen LogP contribution < -0.4 is 9.47 Å². The van der Waals surface area contributed by atoms with E-state index in [1.807, 2.05) is 6.92 Å². The highest BCUT2D eigenvalue weighted by molar-refractivity contribution is 6.39. The van der Waals surface area contributed by atoms with Crippen molar-refractivity contribution in [1.82, 2.24) is 0 Å². The fourth-order valence-corrected chi connectivity index (χ4v) is 4.17. The molecule has 2 N–H and O–H groups in total. The van der Waals surface area contributed by atoms with Gasteiger partial charge in [0.2, 0.25) is 0 Å². The summed E-state index contributed by atoms with van der Waals surface area (Å²) in [4.78, 5) is 13.0. The molecule has 0 radical (unpaired) electrons. The molecule has 0 unspecified atom stereocenters. The molecule has 1 aliphatic heterocycles. The summed E-state index contributed by atoms with van der Waals surface area (Å²) >= 11 is 18.9. The third-order valence-electron chi connectivity index (χ3n) is 5.18. The number of allylic oxidation sites excluding steroid dienone is 2. The van der Waals surface area contributed by atoms with Gasteiger partial charge in [0.1, 0.15) is 16.3 Å². The average Bonchev–Trinajstić information content (AvgIpc) is 2.87. The number of aromatic hydroxyl groups is 2. The first kappa shape index (κ1) is 22.6. The Labute approximate surface area is 189 Å². The lowest BCUT2D eigenvalue weighted by Gasteiger charge is -2.20. The molecule has 0 aromatic heterocycles. The highest BCUT2D eigenvalue weighted by Gasteiger charge is 2.36. The molecule has 8 heteroatoms. The lowest BCUT2D eigenvalue weighted by Crippen LogP contribution is -2.11. The Morgan fingerprint density at radius 3 is 2.27 bits per heavy atom. The SMILES string of the molecule is CC=C(C)c1c(Cl)c(O)c(CCCC)c2c1Oc1c(Cl)c(O)c(Cl)c(C)c1C(=O)O2. The Hall–Kier alpha value is -2.08. The summed E-state index contributed by atoms with van der Waals surface area (Å²) in [5, 5.41) is 20.9. The maximum atomic E-state index is 13.0. The topological polar surface area (TPSA) is 76.0 Å². The van der Waals surface area contributed by atoms with E-state index in [1.54, 1.807) is 26.8 Å². The molecule has 0 fully saturated rings. The molecule has 2 aromatic carbocycles. The van der Waals surface area contributed by atoms with Crippen LogP contribution in [0.15, 0.2) is 6.08 Å². The Balaban J connectivity index is 2.42. The minimum absolute atomic E-state index is 0.000125. The predicted octanol–water partition coefficient (Wildman–Crippen LogP) is 7.46. The number of unbranched alkanes of at least 4 members (excludes halogenated alkanes) is 1. The van der Waals surface area contributed by atoms with E-state index in [4.69, 9.17) is 44.3 Å². The van der Waals surface area contributed by atoms with Crippen LogP contribution in [-0.2, 0) is 6.42 Å². The fourth-order valence-electron chi connectivity index (χ4n) is 3.35. The maximum absolute atomic E-state index is 13.0. The molecule has 5 nitrogen and oxygen atoms in total. The third kappa shape index (κ3) is 3.49. The summed E-state index contributed by atoms with van der Waals surface area (Å²) in [6.45, 7) is 7.15. The summed E-state index contributed by atoms with van der Waals surface area (Å²) in [6, 6.07) is 0. The summed E-state index contributed by atoms with van der Waals surface area (Å²) in [6.07, 6.45) is 3.79. The van der Waals surface area contributed by atoms with Crippen LogP contribution in [0.1, 0.15) is 60.7 Å². The van der Waals surface area contributed by atoms with Gasteiger partial charge in [-0.2, -0.15) is 0 Å². The van der Waals surface area contributed by atoms with Gasteiger partial charge < -0.3 is 19.7 Å². The zero-order valence-electron chi connectivity index (χ0n) is 17.0. The van der Waals surface area contributed by atoms with Crippen LogP contribution in [0.25, 0.3) is 5.57 Å². The summed E-state index contributed by atoms with van der Waals surface area (Å²) in [5.41, 5.74) is 1.70. The summed E-state index contributed by atoms with van der Waals surface area (Å²) in [5.74, 6) is -1.16. The molecule has 0 atom stereocenters. The number of carbonyl (C=O) groups excluding carboxylic acids is 1. The molecule has 0 aliphatic carbocycles. The van der Waals surface area contributed by atoms with Crippen LogP contribution in [0.5, 0.6) is 28.7 Å². The van der Waals surface area contributed by atoms with Gasteiger partial charge in [-0.15, -0.1) is 0 Å². The van der Waals surface area contributed by atoms with Crippen LogP contribution in [-0.4, -0.2) is 16.2 Å². The number of fused-ring (bicyclic) bond motifs is 2. The van der Waals surface area contributed by atoms with E-state index < -0.39 is 11.7 Å². The highest BCUT2D eigenvalue weighted by atomic mass is 35.5. The number of ether oxygens (including phenoxy) is 2. The van der Waals surface area contributed by atoms with Gasteiger partial charge in [-0.25, -0.2) is 4.79 Å². The Morgan fingerprint density at radius 1 is 1.00 bits per heavy atom. The van der Waals surface area contributed by atoms with E-state index >= 15 is 0 Å². The fraction of sp³-hybridized carbons (Fsp3) is 0.318. The molecule has 0 amide bonds. The molecule has 1 aliphatic rings. The number of rotatable bonds is 4. The van der Waals surface area contributed by atoms with Crippen molar-refractivity contribution in [2.45, 2.75) is 47.0 Å². The largest absolute Gasteiger partial charge is 0.506 e. The second-order valence-corrected chi connectivity index (χ2v) is 8.18. The van der Waals surface area contributed by atoms with Crippen molar-refractivity contribution in [3.63, 3.8) is 0 Å². The number of hydrogen-bond acceptors (Lipinski definition) is 5. The van der Waals surface area contributed by atoms with Gasteiger partial charge >= 0.3 is 5.97 Å². The molecule has 0 saturated carbocycles. The van der Waals surface area contributed by atoms with Crippen molar-refractivity contribution < 1.29 is 24.5 Å². The van der Waals surface area contributed by atoms with Gasteiger partial charge in [0, 0.05) is 11.1 Å². The Bertz CT molecular complexity index is 1090. The van der Waals surface area contributed by atoms with Crippen molar-refractivity contribution in [2.75, 3.05) is 0 Å². The monoisotopic (exact) mass is 470 g/mol. The first-order valence-electron chi connectivity index (χ1n) is 9.46. The zero-order valence-corrected chi connectivity index (χ0v) is 19.2. The molecule has 0 bridgehead atoms. The van der Waals surface area contributed by atoms with Gasteiger partial charge in [-0.3, -0.25) is 0 Å². The van der Waals surface area contributed by atoms with Gasteiger partial charge in [-0.1, -0.05) is 54.2 Å². The maximum Gasteiger partial charge on any atom is 0.347 e. The van der Waals surface area contributed by atoms with Gasteiger partial charge in [0.25, 0.3) is 0 Å². The van der Waals surface area contributed by atoms with Crippen LogP contribution >= 0.6 is 34.8 Å². The van der Waals surface area contributed by atoms with Crippen LogP contribution in [0.4, 0.5) is 0 Å². The van der Waals surface area contributed by atoms with Crippen molar-refractivity contribution in [3.05, 3.63) is 43.4 Å². The minimum Gasteiger partial charge on any atom is -0.506 e.